The van der Waals surface area contributed by atoms with Crippen molar-refractivity contribution in [3.63, 3.8) is 0 Å². The molecule has 19 nitrogen and oxygen atoms in total. The highest BCUT2D eigenvalue weighted by Gasteiger charge is 2.53. The highest BCUT2D eigenvalue weighted by Crippen LogP contribution is 2.33. The van der Waals surface area contributed by atoms with E-state index in [0.29, 0.717) is 12.8 Å². The topological polar surface area (TPSA) is 307 Å². The van der Waals surface area contributed by atoms with Crippen molar-refractivity contribution in [3.8, 4) is 0 Å². The molecule has 3 heterocycles. The quantitative estimate of drug-likeness (QED) is 0.0201. The van der Waals surface area contributed by atoms with Gasteiger partial charge in [0.05, 0.1) is 38.6 Å². The van der Waals surface area contributed by atoms with Crippen LogP contribution in [0.2, 0.25) is 0 Å². The fraction of sp³-hybridized carbons (Fsp3) is 0.924. The van der Waals surface area contributed by atoms with E-state index >= 15 is 0 Å². The van der Waals surface area contributed by atoms with E-state index in [1.165, 1.54) is 186 Å². The van der Waals surface area contributed by atoms with Gasteiger partial charge in [-0.2, -0.15) is 0 Å². The molecule has 0 spiro atoms. The van der Waals surface area contributed by atoms with Crippen molar-refractivity contribution in [2.45, 2.75) is 362 Å². The molecule has 19 heteroatoms. The highest BCUT2D eigenvalue weighted by molar-refractivity contribution is 5.76. The molecule has 17 unspecified atom stereocenters. The molecule has 12 N–H and O–H groups in total. The van der Waals surface area contributed by atoms with Crippen LogP contribution in [0.5, 0.6) is 0 Å². The number of nitrogens with one attached hydrogen (secondary N) is 1. The van der Waals surface area contributed by atoms with Crippen LogP contribution in [0.1, 0.15) is 258 Å². The summed E-state index contributed by atoms with van der Waals surface area (Å²) >= 11 is 0. The molecule has 0 bridgehead atoms. The van der Waals surface area contributed by atoms with Gasteiger partial charge >= 0.3 is 0 Å². The summed E-state index contributed by atoms with van der Waals surface area (Å²) in [4.78, 5) is 13.4. The minimum atomic E-state index is -1.98. The molecule has 0 saturated carbocycles. The van der Waals surface area contributed by atoms with E-state index < -0.39 is 124 Å². The van der Waals surface area contributed by atoms with Gasteiger partial charge in [0.15, 0.2) is 18.9 Å². The van der Waals surface area contributed by atoms with Crippen LogP contribution in [0.15, 0.2) is 24.3 Å². The van der Waals surface area contributed by atoms with E-state index in [2.05, 4.69) is 31.3 Å². The molecule has 0 radical (unpaired) electrons. The van der Waals surface area contributed by atoms with Crippen molar-refractivity contribution < 1.29 is 89.4 Å². The molecule has 0 aromatic carbocycles. The smallest absolute Gasteiger partial charge is 0.220 e. The van der Waals surface area contributed by atoms with E-state index in [9.17, 15) is 61.0 Å². The van der Waals surface area contributed by atoms with Crippen LogP contribution in [-0.2, 0) is 33.2 Å². The predicted octanol–water partition coefficient (Wildman–Crippen LogP) is 8.27. The first-order valence-electron chi connectivity index (χ1n) is 34.1. The zero-order chi connectivity index (χ0) is 61.9. The van der Waals surface area contributed by atoms with E-state index in [-0.39, 0.29) is 18.9 Å². The van der Waals surface area contributed by atoms with Crippen molar-refractivity contribution in [1.29, 1.82) is 0 Å². The van der Waals surface area contributed by atoms with Crippen LogP contribution < -0.4 is 5.32 Å². The molecular formula is C66H123NO18. The van der Waals surface area contributed by atoms with Gasteiger partial charge in [0.25, 0.3) is 0 Å². The van der Waals surface area contributed by atoms with Gasteiger partial charge in [0, 0.05) is 6.42 Å². The van der Waals surface area contributed by atoms with E-state index in [0.717, 1.165) is 38.5 Å². The molecule has 1 amide bonds. The summed E-state index contributed by atoms with van der Waals surface area (Å²) in [6, 6.07) is -0.986. The average Bonchev–Trinajstić information content (AvgIpc) is 3.08. The molecule has 500 valence electrons. The number of unbranched alkanes of at least 4 members (excludes halogenated alkanes) is 34. The van der Waals surface area contributed by atoms with Crippen LogP contribution in [0.4, 0.5) is 0 Å². The largest absolute Gasteiger partial charge is 0.394 e. The van der Waals surface area contributed by atoms with Crippen molar-refractivity contribution in [3.05, 3.63) is 24.3 Å². The molecule has 85 heavy (non-hydrogen) atoms. The second kappa shape index (κ2) is 49.0. The van der Waals surface area contributed by atoms with Gasteiger partial charge in [-0.1, -0.05) is 244 Å². The lowest BCUT2D eigenvalue weighted by atomic mass is 9.96. The Balaban J connectivity index is 1.43. The second-order valence-corrected chi connectivity index (χ2v) is 24.6. The molecule has 3 aliphatic rings. The van der Waals surface area contributed by atoms with E-state index in [1.807, 2.05) is 6.08 Å². The van der Waals surface area contributed by atoms with Crippen LogP contribution in [-0.4, -0.2) is 193 Å². The van der Waals surface area contributed by atoms with Crippen molar-refractivity contribution in [2.75, 3.05) is 26.4 Å². The van der Waals surface area contributed by atoms with Gasteiger partial charge in [-0.3, -0.25) is 4.79 Å². The Kier molecular flexibility index (Phi) is 44.7. The Morgan fingerprint density at radius 2 is 0.753 bits per heavy atom. The lowest BCUT2D eigenvalue weighted by Crippen LogP contribution is -2.66. The number of amides is 1. The first kappa shape index (κ1) is 77.5. The maximum absolute atomic E-state index is 13.4. The van der Waals surface area contributed by atoms with Crippen molar-refractivity contribution in [1.82, 2.24) is 5.32 Å². The lowest BCUT2D eigenvalue weighted by molar-refractivity contribution is -0.379. The Labute approximate surface area is 511 Å². The third-order valence-corrected chi connectivity index (χ3v) is 17.3. The fourth-order valence-corrected chi connectivity index (χ4v) is 11.7. The third kappa shape index (κ3) is 31.7. The summed E-state index contributed by atoms with van der Waals surface area (Å²) in [5, 5.41) is 120. The first-order chi connectivity index (χ1) is 41.3. The number of allylic oxidation sites excluding steroid dienone is 3. The van der Waals surface area contributed by atoms with Crippen LogP contribution in [0, 0.1) is 0 Å². The lowest BCUT2D eigenvalue weighted by Gasteiger charge is -2.48. The Morgan fingerprint density at radius 1 is 0.412 bits per heavy atom. The maximum Gasteiger partial charge on any atom is 0.220 e. The Bertz CT molecular complexity index is 1640. The fourth-order valence-electron chi connectivity index (χ4n) is 11.7. The molecule has 0 aliphatic carbocycles. The molecule has 0 aromatic heterocycles. The molecule has 3 rings (SSSR count). The van der Waals surface area contributed by atoms with E-state index in [1.54, 1.807) is 6.08 Å². The zero-order valence-electron chi connectivity index (χ0n) is 52.6. The third-order valence-electron chi connectivity index (χ3n) is 17.3. The second-order valence-electron chi connectivity index (χ2n) is 24.6. The van der Waals surface area contributed by atoms with Gasteiger partial charge in [-0.15, -0.1) is 0 Å². The van der Waals surface area contributed by atoms with Gasteiger partial charge in [-0.25, -0.2) is 0 Å². The summed E-state index contributed by atoms with van der Waals surface area (Å²) < 4.78 is 34.3. The number of ether oxygens (including phenoxy) is 6. The normalized spacial score (nSPS) is 29.1. The minimum absolute atomic E-state index is 0.240. The van der Waals surface area contributed by atoms with Gasteiger partial charge in [0.1, 0.15) is 73.2 Å². The number of aliphatic hydroxyl groups excluding tert-OH is 11. The minimum Gasteiger partial charge on any atom is -0.394 e. The summed E-state index contributed by atoms with van der Waals surface area (Å²) in [6.45, 7) is 1.73. The van der Waals surface area contributed by atoms with Gasteiger partial charge < -0.3 is 89.9 Å². The Morgan fingerprint density at radius 3 is 1.18 bits per heavy atom. The summed E-state index contributed by atoms with van der Waals surface area (Å²) in [6.07, 6.45) is 27.4. The maximum atomic E-state index is 13.4. The van der Waals surface area contributed by atoms with Crippen LogP contribution in [0.25, 0.3) is 0 Å². The number of hydrogen-bond donors (Lipinski definition) is 12. The van der Waals surface area contributed by atoms with Gasteiger partial charge in [-0.05, 0) is 32.1 Å². The molecule has 3 saturated heterocycles. The predicted molar refractivity (Wildman–Crippen MR) is 328 cm³/mol. The highest BCUT2D eigenvalue weighted by atomic mass is 16.8. The monoisotopic (exact) mass is 1220 g/mol. The SMILES string of the molecule is CCCCCCCCCCC/C=C/CC/C=C/C(O)C(COC1OC(CO)C(OC2OC(CO)C(OC3OC(CO)C(O)C(O)C3O)C(O)C2O)C(O)C1O)NC(=O)CCCCCCCCCCCCCCCCCCCCCCCCCCC. The number of hydrogen-bond acceptors (Lipinski definition) is 18. The molecule has 3 aliphatic heterocycles. The summed E-state index contributed by atoms with van der Waals surface area (Å²) in [5.74, 6) is -0.281. The summed E-state index contributed by atoms with van der Waals surface area (Å²) in [5.41, 5.74) is 0. The van der Waals surface area contributed by atoms with Crippen molar-refractivity contribution >= 4 is 5.91 Å². The number of carbonyl (C=O) groups excluding carboxylic acids is 1. The number of rotatable bonds is 52. The number of carbonyl (C=O) groups is 1. The van der Waals surface area contributed by atoms with Crippen LogP contribution in [0.3, 0.4) is 0 Å². The first-order valence-corrected chi connectivity index (χ1v) is 34.1. The van der Waals surface area contributed by atoms with Crippen LogP contribution >= 0.6 is 0 Å². The van der Waals surface area contributed by atoms with Crippen molar-refractivity contribution in [2.24, 2.45) is 0 Å². The molecule has 17 atom stereocenters. The van der Waals surface area contributed by atoms with E-state index in [4.69, 9.17) is 28.4 Å². The zero-order valence-corrected chi connectivity index (χ0v) is 52.6. The van der Waals surface area contributed by atoms with Gasteiger partial charge in [0.2, 0.25) is 5.91 Å². The molecule has 0 aromatic rings. The average molecular weight is 1220 g/mol. The molecular weight excluding hydrogens is 1090 g/mol. The standard InChI is InChI=1S/C66H123NO18/c1-3-5-7-9-11-13-15-17-19-20-21-22-23-24-25-26-27-28-30-32-34-36-38-40-42-44-54(72)67-49(50(71)43-41-39-37-35-33-31-29-18-16-14-12-10-8-6-4-2)48-80-64-60(78)57(75)62(52(46-69)82-64)85-66-61(79)58(76)63(53(47-70)83-66)84-65-59(77)56(74)55(73)51(45-68)81-65/h33,35,41,43,49-53,55-66,68-71,73-79H,3-32,34,36-40,42,44-48H2,1-2H3,(H,67,72)/b35-33+,43-41+. The number of aliphatic hydroxyl groups is 11. The molecule has 3 fully saturated rings. The summed E-state index contributed by atoms with van der Waals surface area (Å²) in [7, 11) is 0. The Hall–Kier alpha value is -1.73.